The SMILES string of the molecule is CCSC1CCC(N(C)C(=O)CCCNC)C1.Cl. The zero-order valence-corrected chi connectivity index (χ0v) is 13.4. The van der Waals surface area contributed by atoms with Gasteiger partial charge in [-0.05, 0) is 45.0 Å². The maximum absolute atomic E-state index is 12.0. The summed E-state index contributed by atoms with van der Waals surface area (Å²) in [6.45, 7) is 3.14. The lowest BCUT2D eigenvalue weighted by Gasteiger charge is -2.24. The average molecular weight is 295 g/mol. The van der Waals surface area contributed by atoms with Gasteiger partial charge < -0.3 is 10.2 Å². The molecule has 0 bridgehead atoms. The minimum Gasteiger partial charge on any atom is -0.343 e. The highest BCUT2D eigenvalue weighted by Crippen LogP contribution is 2.32. The lowest BCUT2D eigenvalue weighted by molar-refractivity contribution is -0.131. The number of thioether (sulfide) groups is 1. The number of halogens is 1. The van der Waals surface area contributed by atoms with Crippen LogP contribution >= 0.6 is 24.2 Å². The van der Waals surface area contributed by atoms with E-state index in [2.05, 4.69) is 12.2 Å². The number of nitrogens with zero attached hydrogens (tertiary/aromatic N) is 1. The highest BCUT2D eigenvalue weighted by Gasteiger charge is 2.29. The highest BCUT2D eigenvalue weighted by atomic mass is 35.5. The second-order valence-electron chi connectivity index (χ2n) is 4.76. The second kappa shape index (κ2) is 9.93. The molecule has 0 aliphatic heterocycles. The Morgan fingerprint density at radius 1 is 1.44 bits per heavy atom. The Bertz CT molecular complexity index is 241. The Labute approximate surface area is 122 Å². The molecule has 1 aliphatic rings. The van der Waals surface area contributed by atoms with Crippen molar-refractivity contribution >= 4 is 30.1 Å². The van der Waals surface area contributed by atoms with Crippen LogP contribution in [0.3, 0.4) is 0 Å². The van der Waals surface area contributed by atoms with Crippen molar-refractivity contribution in [3.63, 3.8) is 0 Å². The monoisotopic (exact) mass is 294 g/mol. The molecule has 2 unspecified atom stereocenters. The number of hydrogen-bond acceptors (Lipinski definition) is 3. The number of rotatable bonds is 7. The van der Waals surface area contributed by atoms with Crippen molar-refractivity contribution < 1.29 is 4.79 Å². The summed E-state index contributed by atoms with van der Waals surface area (Å²) in [6.07, 6.45) is 5.27. The van der Waals surface area contributed by atoms with Crippen LogP contribution in [0, 0.1) is 0 Å². The van der Waals surface area contributed by atoms with E-state index in [0.29, 0.717) is 18.4 Å². The first-order valence-electron chi connectivity index (χ1n) is 6.70. The molecule has 18 heavy (non-hydrogen) atoms. The maximum Gasteiger partial charge on any atom is 0.222 e. The highest BCUT2D eigenvalue weighted by molar-refractivity contribution is 7.99. The summed E-state index contributed by atoms with van der Waals surface area (Å²) in [7, 11) is 3.91. The van der Waals surface area contributed by atoms with E-state index in [4.69, 9.17) is 0 Å². The third-order valence-electron chi connectivity index (χ3n) is 3.52. The van der Waals surface area contributed by atoms with Crippen molar-refractivity contribution in [2.75, 3.05) is 26.4 Å². The van der Waals surface area contributed by atoms with Crippen LogP contribution in [0.1, 0.15) is 39.0 Å². The largest absolute Gasteiger partial charge is 0.343 e. The Hall–Kier alpha value is 0.0700. The van der Waals surface area contributed by atoms with Gasteiger partial charge in [-0.25, -0.2) is 0 Å². The predicted molar refractivity (Wildman–Crippen MR) is 82.7 cm³/mol. The smallest absolute Gasteiger partial charge is 0.222 e. The molecule has 0 heterocycles. The lowest BCUT2D eigenvalue weighted by atomic mass is 10.2. The van der Waals surface area contributed by atoms with E-state index in [-0.39, 0.29) is 12.4 Å². The van der Waals surface area contributed by atoms with Crippen LogP contribution in [-0.4, -0.2) is 48.5 Å². The van der Waals surface area contributed by atoms with Gasteiger partial charge in [0.25, 0.3) is 0 Å². The minimum absolute atomic E-state index is 0. The van der Waals surface area contributed by atoms with Gasteiger partial charge in [-0.15, -0.1) is 12.4 Å². The Kier molecular flexibility index (Phi) is 9.97. The van der Waals surface area contributed by atoms with Gasteiger partial charge >= 0.3 is 0 Å². The van der Waals surface area contributed by atoms with Gasteiger partial charge in [-0.1, -0.05) is 6.92 Å². The van der Waals surface area contributed by atoms with Gasteiger partial charge in [0.15, 0.2) is 0 Å². The van der Waals surface area contributed by atoms with Crippen LogP contribution in [0.5, 0.6) is 0 Å². The number of nitrogens with one attached hydrogen (secondary N) is 1. The van der Waals surface area contributed by atoms with E-state index in [1.54, 1.807) is 0 Å². The molecule has 5 heteroatoms. The molecule has 0 radical (unpaired) electrons. The van der Waals surface area contributed by atoms with Crippen LogP contribution in [0.25, 0.3) is 0 Å². The molecule has 0 spiro atoms. The van der Waals surface area contributed by atoms with Crippen molar-refractivity contribution in [2.45, 2.75) is 50.3 Å². The summed E-state index contributed by atoms with van der Waals surface area (Å²) in [5.41, 5.74) is 0. The first kappa shape index (κ1) is 18.1. The maximum atomic E-state index is 12.0. The summed E-state index contributed by atoms with van der Waals surface area (Å²) in [5, 5.41) is 3.86. The number of hydrogen-bond donors (Lipinski definition) is 1. The van der Waals surface area contributed by atoms with Gasteiger partial charge in [0, 0.05) is 24.8 Å². The van der Waals surface area contributed by atoms with Crippen molar-refractivity contribution in [3.05, 3.63) is 0 Å². The Balaban J connectivity index is 0.00000289. The van der Waals surface area contributed by atoms with Crippen LogP contribution < -0.4 is 5.32 Å². The molecule has 1 amide bonds. The molecular formula is C13H27ClN2OS. The molecule has 1 rings (SSSR count). The van der Waals surface area contributed by atoms with E-state index in [9.17, 15) is 4.79 Å². The third kappa shape index (κ3) is 5.81. The van der Waals surface area contributed by atoms with E-state index in [1.165, 1.54) is 25.0 Å². The summed E-state index contributed by atoms with van der Waals surface area (Å²) in [4.78, 5) is 14.0. The quantitative estimate of drug-likeness (QED) is 0.733. The summed E-state index contributed by atoms with van der Waals surface area (Å²) >= 11 is 2.05. The average Bonchev–Trinajstić information content (AvgIpc) is 2.77. The van der Waals surface area contributed by atoms with Gasteiger partial charge in [-0.3, -0.25) is 4.79 Å². The summed E-state index contributed by atoms with van der Waals surface area (Å²) < 4.78 is 0. The molecule has 2 atom stereocenters. The molecule has 1 aliphatic carbocycles. The standard InChI is InChI=1S/C13H26N2OS.ClH/c1-4-17-12-8-7-11(10-12)15(3)13(16)6-5-9-14-2;/h11-12,14H,4-10H2,1-3H3;1H. The first-order valence-corrected chi connectivity index (χ1v) is 7.75. The molecule has 0 aromatic carbocycles. The van der Waals surface area contributed by atoms with Crippen molar-refractivity contribution in [3.8, 4) is 0 Å². The Morgan fingerprint density at radius 2 is 2.17 bits per heavy atom. The summed E-state index contributed by atoms with van der Waals surface area (Å²) in [6, 6.07) is 0.487. The van der Waals surface area contributed by atoms with Crippen LogP contribution in [0.15, 0.2) is 0 Å². The van der Waals surface area contributed by atoms with Crippen molar-refractivity contribution in [1.29, 1.82) is 0 Å². The first-order chi connectivity index (χ1) is 8.19. The van der Waals surface area contributed by atoms with Crippen molar-refractivity contribution in [1.82, 2.24) is 10.2 Å². The van der Waals surface area contributed by atoms with Gasteiger partial charge in [0.05, 0.1) is 0 Å². The molecule has 1 N–H and O–H groups in total. The van der Waals surface area contributed by atoms with Crippen LogP contribution in [-0.2, 0) is 4.79 Å². The molecule has 0 aromatic heterocycles. The predicted octanol–water partition coefficient (Wildman–Crippen LogP) is 2.54. The number of amides is 1. The van der Waals surface area contributed by atoms with E-state index in [1.807, 2.05) is 30.8 Å². The summed E-state index contributed by atoms with van der Waals surface area (Å²) in [5.74, 6) is 1.50. The van der Waals surface area contributed by atoms with Gasteiger partial charge in [0.1, 0.15) is 0 Å². The van der Waals surface area contributed by atoms with Gasteiger partial charge in [0.2, 0.25) is 5.91 Å². The Morgan fingerprint density at radius 3 is 2.78 bits per heavy atom. The van der Waals surface area contributed by atoms with E-state index < -0.39 is 0 Å². The topological polar surface area (TPSA) is 32.3 Å². The lowest BCUT2D eigenvalue weighted by Crippen LogP contribution is -2.35. The normalized spacial score (nSPS) is 22.6. The molecule has 0 aromatic rings. The number of carbonyl (C=O) groups is 1. The molecule has 0 saturated heterocycles. The number of carbonyl (C=O) groups excluding carboxylic acids is 1. The van der Waals surface area contributed by atoms with Crippen LogP contribution in [0.4, 0.5) is 0 Å². The zero-order chi connectivity index (χ0) is 12.7. The van der Waals surface area contributed by atoms with E-state index in [0.717, 1.165) is 18.2 Å². The minimum atomic E-state index is 0. The molecule has 108 valence electrons. The van der Waals surface area contributed by atoms with Crippen LogP contribution in [0.2, 0.25) is 0 Å². The molecule has 1 saturated carbocycles. The fourth-order valence-electron chi connectivity index (χ4n) is 2.45. The zero-order valence-electron chi connectivity index (χ0n) is 11.8. The third-order valence-corrected chi connectivity index (χ3v) is 4.75. The second-order valence-corrected chi connectivity index (χ2v) is 6.33. The van der Waals surface area contributed by atoms with Crippen molar-refractivity contribution in [2.24, 2.45) is 0 Å². The fraction of sp³-hybridized carbons (Fsp3) is 0.923. The molecular weight excluding hydrogens is 268 g/mol. The van der Waals surface area contributed by atoms with E-state index >= 15 is 0 Å². The molecule has 3 nitrogen and oxygen atoms in total. The van der Waals surface area contributed by atoms with Gasteiger partial charge in [-0.2, -0.15) is 11.8 Å². The fourth-order valence-corrected chi connectivity index (χ4v) is 3.59. The molecule has 1 fully saturated rings.